The predicted molar refractivity (Wildman–Crippen MR) is 136 cm³/mol. The minimum atomic E-state index is -0.0718. The second kappa shape index (κ2) is 8.47. The zero-order valence-corrected chi connectivity index (χ0v) is 20.9. The lowest BCUT2D eigenvalue weighted by atomic mass is 9.69. The Labute approximate surface area is 207 Å². The number of nitrogens with zero attached hydrogens (tertiary/aromatic N) is 1. The molecule has 3 aliphatic heterocycles. The number of carbonyl (C=O) groups is 1. The Balaban J connectivity index is 1.49. The Morgan fingerprint density at radius 1 is 1.06 bits per heavy atom. The Kier molecular flexibility index (Phi) is 5.39. The first-order valence-electron chi connectivity index (χ1n) is 12.8. The van der Waals surface area contributed by atoms with Crippen LogP contribution >= 0.6 is 0 Å². The Bertz CT molecular complexity index is 1240. The number of benzene rings is 2. The van der Waals surface area contributed by atoms with Gasteiger partial charge in [-0.3, -0.25) is 4.79 Å². The van der Waals surface area contributed by atoms with Gasteiger partial charge in [0.25, 0.3) is 0 Å². The molecular weight excluding hydrogens is 438 g/mol. The molecule has 5 heteroatoms. The van der Waals surface area contributed by atoms with E-state index in [4.69, 9.17) is 14.2 Å². The summed E-state index contributed by atoms with van der Waals surface area (Å²) in [6.45, 7) is 9.27. The molecule has 182 valence electrons. The minimum Gasteiger partial charge on any atom is -0.494 e. The molecule has 0 aromatic heterocycles. The molecule has 0 fully saturated rings. The summed E-state index contributed by atoms with van der Waals surface area (Å²) in [5, 5.41) is 0. The third kappa shape index (κ3) is 3.91. The summed E-state index contributed by atoms with van der Waals surface area (Å²) >= 11 is 0. The van der Waals surface area contributed by atoms with Crippen molar-refractivity contribution < 1.29 is 19.0 Å². The molecule has 0 radical (unpaired) electrons. The van der Waals surface area contributed by atoms with Gasteiger partial charge in [-0.05, 0) is 66.6 Å². The zero-order valence-electron chi connectivity index (χ0n) is 20.9. The molecule has 0 spiro atoms. The molecule has 0 saturated heterocycles. The third-order valence-corrected chi connectivity index (χ3v) is 7.55. The first-order chi connectivity index (χ1) is 16.9. The highest BCUT2D eigenvalue weighted by Crippen LogP contribution is 2.51. The summed E-state index contributed by atoms with van der Waals surface area (Å²) in [5.41, 5.74) is 6.90. The molecule has 0 saturated carbocycles. The largest absolute Gasteiger partial charge is 0.494 e. The van der Waals surface area contributed by atoms with Crippen LogP contribution in [-0.4, -0.2) is 37.0 Å². The van der Waals surface area contributed by atoms with Gasteiger partial charge in [-0.15, -0.1) is 0 Å². The second-order valence-corrected chi connectivity index (χ2v) is 10.7. The molecule has 5 nitrogen and oxygen atoms in total. The fourth-order valence-electron chi connectivity index (χ4n) is 5.99. The van der Waals surface area contributed by atoms with E-state index >= 15 is 0 Å². The van der Waals surface area contributed by atoms with Gasteiger partial charge in [-0.25, -0.2) is 0 Å². The number of hydrogen-bond donors (Lipinski definition) is 0. The average molecular weight is 472 g/mol. The molecule has 35 heavy (non-hydrogen) atoms. The van der Waals surface area contributed by atoms with E-state index in [-0.39, 0.29) is 17.1 Å². The molecule has 6 rings (SSSR count). The molecule has 4 aliphatic rings. The van der Waals surface area contributed by atoms with E-state index in [0.29, 0.717) is 26.2 Å². The molecule has 1 aliphatic carbocycles. The summed E-state index contributed by atoms with van der Waals surface area (Å²) in [6, 6.07) is 12.6. The van der Waals surface area contributed by atoms with E-state index in [1.807, 2.05) is 19.1 Å². The van der Waals surface area contributed by atoms with Crippen LogP contribution in [-0.2, 0) is 11.2 Å². The van der Waals surface area contributed by atoms with Gasteiger partial charge in [0.1, 0.15) is 5.75 Å². The number of carbonyl (C=O) groups excluding carboxylic acids is 1. The van der Waals surface area contributed by atoms with E-state index < -0.39 is 0 Å². The summed E-state index contributed by atoms with van der Waals surface area (Å²) in [4.78, 5) is 16.0. The first-order valence-corrected chi connectivity index (χ1v) is 12.8. The maximum absolute atomic E-state index is 13.6. The molecule has 0 bridgehead atoms. The van der Waals surface area contributed by atoms with Crippen LogP contribution in [0, 0.1) is 5.41 Å². The maximum Gasteiger partial charge on any atom is 0.162 e. The van der Waals surface area contributed by atoms with Crippen LogP contribution in [0.1, 0.15) is 62.6 Å². The number of allylic oxidation sites excluding steroid dienone is 3. The summed E-state index contributed by atoms with van der Waals surface area (Å²) in [6.07, 6.45) is 5.60. The lowest BCUT2D eigenvalue weighted by molar-refractivity contribution is -0.118. The second-order valence-electron chi connectivity index (χ2n) is 10.7. The first kappa shape index (κ1) is 22.3. The van der Waals surface area contributed by atoms with Crippen LogP contribution in [0.2, 0.25) is 0 Å². The van der Waals surface area contributed by atoms with Gasteiger partial charge < -0.3 is 19.1 Å². The van der Waals surface area contributed by atoms with Gasteiger partial charge in [-0.1, -0.05) is 26.0 Å². The van der Waals surface area contributed by atoms with Crippen molar-refractivity contribution in [2.75, 3.05) is 26.4 Å². The highest BCUT2D eigenvalue weighted by Gasteiger charge is 2.42. The van der Waals surface area contributed by atoms with Crippen LogP contribution in [0.5, 0.6) is 17.2 Å². The monoisotopic (exact) mass is 471 g/mol. The number of rotatable bonds is 3. The van der Waals surface area contributed by atoms with Crippen molar-refractivity contribution in [3.8, 4) is 17.2 Å². The summed E-state index contributed by atoms with van der Waals surface area (Å²) in [7, 11) is 0. The fraction of sp³-hybridized carbons (Fsp3) is 0.433. The lowest BCUT2D eigenvalue weighted by Crippen LogP contribution is -2.40. The van der Waals surface area contributed by atoms with Crippen molar-refractivity contribution in [2.24, 2.45) is 5.41 Å². The number of ether oxygens (including phenoxy) is 3. The highest BCUT2D eigenvalue weighted by atomic mass is 16.5. The van der Waals surface area contributed by atoms with Crippen LogP contribution in [0.25, 0.3) is 5.70 Å². The van der Waals surface area contributed by atoms with E-state index in [1.54, 1.807) is 0 Å². The van der Waals surface area contributed by atoms with Crippen LogP contribution in [0.15, 0.2) is 53.7 Å². The molecule has 1 unspecified atom stereocenters. The van der Waals surface area contributed by atoms with Crippen LogP contribution in [0.4, 0.5) is 0 Å². The van der Waals surface area contributed by atoms with Crippen molar-refractivity contribution in [2.45, 2.75) is 52.4 Å². The number of fused-ring (bicyclic) bond motifs is 5. The van der Waals surface area contributed by atoms with E-state index in [9.17, 15) is 4.79 Å². The van der Waals surface area contributed by atoms with Gasteiger partial charge in [0, 0.05) is 47.8 Å². The fourth-order valence-corrected chi connectivity index (χ4v) is 5.99. The topological polar surface area (TPSA) is 48.0 Å². The Morgan fingerprint density at radius 3 is 2.54 bits per heavy atom. The van der Waals surface area contributed by atoms with Crippen LogP contribution < -0.4 is 14.2 Å². The van der Waals surface area contributed by atoms with Crippen molar-refractivity contribution in [3.05, 3.63) is 70.4 Å². The third-order valence-electron chi connectivity index (χ3n) is 7.55. The van der Waals surface area contributed by atoms with Crippen LogP contribution in [0.3, 0.4) is 0 Å². The van der Waals surface area contributed by atoms with E-state index in [2.05, 4.69) is 49.1 Å². The highest BCUT2D eigenvalue weighted by molar-refractivity contribution is 6.01. The predicted octanol–water partition coefficient (Wildman–Crippen LogP) is 5.89. The van der Waals surface area contributed by atoms with Crippen molar-refractivity contribution in [1.82, 2.24) is 4.90 Å². The quantitative estimate of drug-likeness (QED) is 0.559. The Morgan fingerprint density at radius 2 is 1.80 bits per heavy atom. The molecule has 2 aromatic carbocycles. The van der Waals surface area contributed by atoms with Gasteiger partial charge in [0.15, 0.2) is 17.3 Å². The van der Waals surface area contributed by atoms with Gasteiger partial charge in [0.2, 0.25) is 0 Å². The molecule has 1 atom stereocenters. The van der Waals surface area contributed by atoms with Crippen molar-refractivity contribution in [3.63, 3.8) is 0 Å². The van der Waals surface area contributed by atoms with Gasteiger partial charge in [0.05, 0.1) is 19.8 Å². The van der Waals surface area contributed by atoms with Gasteiger partial charge in [-0.2, -0.15) is 0 Å². The molecule has 0 amide bonds. The standard InChI is InChI=1S/C30H33NO4/c1-4-33-21-8-6-19(7-9-21)23-15-24-22-16-28-27(34-12-5-13-35-28)14-20(22)10-11-31(24)25-17-30(2,3)18-26(32)29(23)25/h6-9,14-16,23H,4-5,10-13,17-18H2,1-3H3. The minimum absolute atomic E-state index is 0.0489. The number of Topliss-reactive ketones (excluding diaryl/α,β-unsaturated/α-hetero) is 1. The average Bonchev–Trinajstić information content (AvgIpc) is 3.07. The van der Waals surface area contributed by atoms with Gasteiger partial charge >= 0.3 is 0 Å². The number of ketones is 1. The maximum atomic E-state index is 13.6. The molecular formula is C30H33NO4. The molecule has 3 heterocycles. The zero-order chi connectivity index (χ0) is 24.2. The molecule has 2 aromatic rings. The normalized spacial score (nSPS) is 22.5. The smallest absolute Gasteiger partial charge is 0.162 e. The van der Waals surface area contributed by atoms with Crippen molar-refractivity contribution in [1.29, 1.82) is 0 Å². The van der Waals surface area contributed by atoms with Crippen molar-refractivity contribution >= 4 is 11.5 Å². The summed E-state index contributed by atoms with van der Waals surface area (Å²) < 4.78 is 17.7. The van der Waals surface area contributed by atoms with E-state index in [1.165, 1.54) is 22.5 Å². The van der Waals surface area contributed by atoms with E-state index in [0.717, 1.165) is 54.2 Å². The number of hydrogen-bond acceptors (Lipinski definition) is 5. The molecule has 0 N–H and O–H groups in total. The SMILES string of the molecule is CCOc1ccc(C2C=C3c4cc5c(cc4CCN3C3=C2C(=O)CC(C)(C)C3)OCCCO5)cc1. The Hall–Kier alpha value is -3.21. The summed E-state index contributed by atoms with van der Waals surface area (Å²) in [5.74, 6) is 2.73. The lowest BCUT2D eigenvalue weighted by Gasteiger charge is -2.46.